The molecule has 0 bridgehead atoms. The molecule has 2 atom stereocenters. The largest absolute Gasteiger partial charge is 0.455 e. The average Bonchev–Trinajstić information content (AvgIpc) is 3.57. The van der Waals surface area contributed by atoms with Crippen LogP contribution < -0.4 is 15.4 Å². The molecule has 1 saturated heterocycles. The number of nitrogens with one attached hydrogen (secondary N) is 2. The third kappa shape index (κ3) is 4.43. The molecule has 0 spiro atoms. The third-order valence-electron chi connectivity index (χ3n) is 6.50. The van der Waals surface area contributed by atoms with Gasteiger partial charge in [0.1, 0.15) is 11.3 Å². The van der Waals surface area contributed by atoms with E-state index in [1.165, 1.54) is 33.9 Å². The predicted octanol–water partition coefficient (Wildman–Crippen LogP) is 3.94. The fraction of sp³-hybridized carbons (Fsp3) is 0.375. The van der Waals surface area contributed by atoms with Crippen molar-refractivity contribution in [2.24, 2.45) is 0 Å². The molecular weight excluding hydrogens is 479 g/mol. The maximum atomic E-state index is 13.8. The lowest BCUT2D eigenvalue weighted by Gasteiger charge is -2.43. The van der Waals surface area contributed by atoms with E-state index in [4.69, 9.17) is 4.74 Å². The molecule has 3 aromatic rings. The molecule has 3 N–H and O–H groups in total. The monoisotopic (exact) mass is 503 g/mol. The number of benzene rings is 1. The number of nitrogens with zero attached hydrogens (tertiary/aromatic N) is 3. The Bertz CT molecular complexity index is 1350. The number of carbonyl (C=O) groups is 2. The minimum absolute atomic E-state index is 0.00697. The SMILES string of the molecule is Cc1c(C(=O)N2C[C@@H](O)[C@H]2C)cn2nccc(Oc3ccc(NC(=O)NC4CC4)c(C(F)(F)F)c3)c12. The smallest absolute Gasteiger partial charge is 0.418 e. The summed E-state index contributed by atoms with van der Waals surface area (Å²) in [5.74, 6) is -0.170. The quantitative estimate of drug-likeness (QED) is 0.489. The number of aromatic nitrogens is 2. The highest BCUT2D eigenvalue weighted by atomic mass is 19.4. The van der Waals surface area contributed by atoms with Crippen molar-refractivity contribution in [1.82, 2.24) is 19.8 Å². The second-order valence-electron chi connectivity index (χ2n) is 9.10. The van der Waals surface area contributed by atoms with Crippen LogP contribution in [0.1, 0.15) is 41.3 Å². The van der Waals surface area contributed by atoms with Crippen LogP contribution in [0.3, 0.4) is 0 Å². The molecule has 1 saturated carbocycles. The van der Waals surface area contributed by atoms with E-state index in [9.17, 15) is 27.9 Å². The maximum Gasteiger partial charge on any atom is 0.418 e. The van der Waals surface area contributed by atoms with Crippen molar-refractivity contribution in [1.29, 1.82) is 0 Å². The number of hydrogen-bond acceptors (Lipinski definition) is 5. The number of urea groups is 1. The number of carbonyl (C=O) groups excluding carboxylic acids is 2. The zero-order chi connectivity index (χ0) is 25.8. The molecule has 1 aliphatic carbocycles. The number of anilines is 1. The first-order chi connectivity index (χ1) is 17.0. The van der Waals surface area contributed by atoms with E-state index in [0.29, 0.717) is 16.6 Å². The number of halogens is 3. The molecule has 1 aromatic carbocycles. The second-order valence-corrected chi connectivity index (χ2v) is 9.10. The number of likely N-dealkylation sites (tertiary alicyclic amines) is 1. The predicted molar refractivity (Wildman–Crippen MR) is 123 cm³/mol. The molecule has 2 aromatic heterocycles. The van der Waals surface area contributed by atoms with Crippen LogP contribution >= 0.6 is 0 Å². The van der Waals surface area contributed by atoms with Gasteiger partial charge in [0.2, 0.25) is 0 Å². The van der Waals surface area contributed by atoms with Crippen LogP contribution in [0.25, 0.3) is 5.52 Å². The van der Waals surface area contributed by atoms with Crippen LogP contribution in [0.15, 0.2) is 36.7 Å². The lowest BCUT2D eigenvalue weighted by Crippen LogP contribution is -2.60. The summed E-state index contributed by atoms with van der Waals surface area (Å²) in [4.78, 5) is 26.5. The molecule has 36 heavy (non-hydrogen) atoms. The molecule has 190 valence electrons. The van der Waals surface area contributed by atoms with Gasteiger partial charge in [-0.3, -0.25) is 4.79 Å². The Morgan fingerprint density at radius 2 is 1.97 bits per heavy atom. The summed E-state index contributed by atoms with van der Waals surface area (Å²) in [7, 11) is 0. The Balaban J connectivity index is 1.44. The van der Waals surface area contributed by atoms with Gasteiger partial charge in [0.25, 0.3) is 5.91 Å². The van der Waals surface area contributed by atoms with Crippen molar-refractivity contribution in [3.05, 3.63) is 53.3 Å². The summed E-state index contributed by atoms with van der Waals surface area (Å²) in [6, 6.07) is 3.76. The number of hydrogen-bond donors (Lipinski definition) is 3. The van der Waals surface area contributed by atoms with Gasteiger partial charge in [-0.1, -0.05) is 0 Å². The number of fused-ring (bicyclic) bond motifs is 1. The van der Waals surface area contributed by atoms with Crippen molar-refractivity contribution < 1.29 is 32.6 Å². The minimum Gasteiger partial charge on any atom is -0.455 e. The molecule has 9 nitrogen and oxygen atoms in total. The summed E-state index contributed by atoms with van der Waals surface area (Å²) < 4.78 is 48.6. The summed E-state index contributed by atoms with van der Waals surface area (Å²) >= 11 is 0. The molecular formula is C24H24F3N5O4. The maximum absolute atomic E-state index is 13.8. The molecule has 1 aliphatic heterocycles. The lowest BCUT2D eigenvalue weighted by molar-refractivity contribution is -0.137. The Labute approximate surface area is 203 Å². The van der Waals surface area contributed by atoms with Crippen LogP contribution in [0.2, 0.25) is 0 Å². The Kier molecular flexibility index (Phi) is 5.78. The van der Waals surface area contributed by atoms with Crippen LogP contribution in [-0.4, -0.2) is 56.3 Å². The fourth-order valence-electron chi connectivity index (χ4n) is 4.16. The van der Waals surface area contributed by atoms with E-state index in [1.807, 2.05) is 0 Å². The van der Waals surface area contributed by atoms with Gasteiger partial charge in [-0.15, -0.1) is 0 Å². The summed E-state index contributed by atoms with van der Waals surface area (Å²) in [5.41, 5.74) is -0.110. The Morgan fingerprint density at radius 3 is 2.61 bits per heavy atom. The number of aryl methyl sites for hydroxylation is 1. The molecule has 2 fully saturated rings. The van der Waals surface area contributed by atoms with Gasteiger partial charge in [0.15, 0.2) is 5.75 Å². The zero-order valence-corrected chi connectivity index (χ0v) is 19.5. The van der Waals surface area contributed by atoms with Crippen LogP contribution in [-0.2, 0) is 6.18 Å². The van der Waals surface area contributed by atoms with Crippen molar-refractivity contribution in [2.75, 3.05) is 11.9 Å². The van der Waals surface area contributed by atoms with Crippen LogP contribution in [0.4, 0.5) is 23.7 Å². The molecule has 3 amide bonds. The first-order valence-electron chi connectivity index (χ1n) is 11.5. The highest BCUT2D eigenvalue weighted by Crippen LogP contribution is 2.39. The summed E-state index contributed by atoms with van der Waals surface area (Å²) in [5, 5.41) is 18.8. The first-order valence-corrected chi connectivity index (χ1v) is 11.5. The van der Waals surface area contributed by atoms with Crippen LogP contribution in [0, 0.1) is 6.92 Å². The van der Waals surface area contributed by atoms with Gasteiger partial charge in [0, 0.05) is 24.8 Å². The number of ether oxygens (including phenoxy) is 1. The number of aliphatic hydroxyl groups excluding tert-OH is 1. The van der Waals surface area contributed by atoms with E-state index in [0.717, 1.165) is 25.0 Å². The standard InChI is InChI=1S/C24H24F3N5O4/c1-12-16(22(34)31-11-19(33)13(31)2)10-32-21(12)20(7-8-28-32)36-15-5-6-18(17(9-15)24(25,26)27)30-23(35)29-14-3-4-14/h5-10,13-14,19,33H,3-4,11H2,1-2H3,(H2,29,30,35)/t13-,19-/m1/s1. The van der Waals surface area contributed by atoms with Crippen molar-refractivity contribution in [2.45, 2.75) is 51.1 Å². The minimum atomic E-state index is -4.74. The Morgan fingerprint density at radius 1 is 1.22 bits per heavy atom. The van der Waals surface area contributed by atoms with E-state index in [1.54, 1.807) is 13.8 Å². The molecule has 3 heterocycles. The molecule has 2 aliphatic rings. The third-order valence-corrected chi connectivity index (χ3v) is 6.50. The van der Waals surface area contributed by atoms with Gasteiger partial charge < -0.3 is 25.4 Å². The van der Waals surface area contributed by atoms with Gasteiger partial charge in [-0.25, -0.2) is 9.31 Å². The highest BCUT2D eigenvalue weighted by Gasteiger charge is 2.39. The average molecular weight is 503 g/mol. The van der Waals surface area contributed by atoms with Gasteiger partial charge >= 0.3 is 12.2 Å². The van der Waals surface area contributed by atoms with E-state index in [2.05, 4.69) is 15.7 Å². The van der Waals surface area contributed by atoms with Crippen LogP contribution in [0.5, 0.6) is 11.5 Å². The number of amides is 3. The molecule has 0 radical (unpaired) electrons. The number of rotatable bonds is 5. The highest BCUT2D eigenvalue weighted by molar-refractivity contribution is 5.99. The first kappa shape index (κ1) is 23.9. The van der Waals surface area contributed by atoms with Crippen molar-refractivity contribution >= 4 is 23.1 Å². The van der Waals surface area contributed by atoms with Gasteiger partial charge in [-0.05, 0) is 50.5 Å². The van der Waals surface area contributed by atoms with E-state index >= 15 is 0 Å². The summed E-state index contributed by atoms with van der Waals surface area (Å²) in [6.45, 7) is 3.67. The fourth-order valence-corrected chi connectivity index (χ4v) is 4.16. The van der Waals surface area contributed by atoms with Gasteiger partial charge in [0.05, 0.1) is 35.2 Å². The second kappa shape index (κ2) is 8.70. The summed E-state index contributed by atoms with van der Waals surface area (Å²) in [6.07, 6.45) is -0.767. The Hall–Kier alpha value is -3.80. The topological polar surface area (TPSA) is 108 Å². The molecule has 0 unspecified atom stereocenters. The van der Waals surface area contributed by atoms with Gasteiger partial charge in [-0.2, -0.15) is 18.3 Å². The van der Waals surface area contributed by atoms with E-state index < -0.39 is 23.9 Å². The molecule has 5 rings (SSSR count). The number of aliphatic hydroxyl groups is 1. The number of β-amino-alcohol motifs (C(OH)–C–C–N with tert-alkyl or cyclic N) is 1. The van der Waals surface area contributed by atoms with E-state index in [-0.39, 0.29) is 41.7 Å². The van der Waals surface area contributed by atoms with Crippen molar-refractivity contribution in [3.8, 4) is 11.5 Å². The zero-order valence-electron chi connectivity index (χ0n) is 19.5. The van der Waals surface area contributed by atoms with Crippen molar-refractivity contribution in [3.63, 3.8) is 0 Å². The normalized spacial score (nSPS) is 19.7. The molecule has 12 heteroatoms. The lowest BCUT2D eigenvalue weighted by atomic mass is 9.99. The number of alkyl halides is 3.